The van der Waals surface area contributed by atoms with Gasteiger partial charge in [-0.15, -0.1) is 0 Å². The van der Waals surface area contributed by atoms with E-state index in [2.05, 4.69) is 22.9 Å². The number of ether oxygens (including phenoxy) is 1. The van der Waals surface area contributed by atoms with Crippen LogP contribution < -0.4 is 4.74 Å². The van der Waals surface area contributed by atoms with Crippen LogP contribution in [0.15, 0.2) is 12.1 Å². The van der Waals surface area contributed by atoms with Crippen LogP contribution in [-0.4, -0.2) is 16.9 Å². The summed E-state index contributed by atoms with van der Waals surface area (Å²) in [6.45, 7) is 6.32. The zero-order chi connectivity index (χ0) is 14.4. The van der Waals surface area contributed by atoms with Gasteiger partial charge in [-0.25, -0.2) is 0 Å². The number of nitro groups is 1. The fraction of sp³-hybridized carbons (Fsp3) is 0.571. The molecule has 1 atom stereocenters. The van der Waals surface area contributed by atoms with E-state index in [1.807, 2.05) is 19.9 Å². The number of nitro benzene ring substituents is 1. The molecule has 1 aromatic carbocycles. The number of aryl methyl sites for hydroxylation is 2. The van der Waals surface area contributed by atoms with Gasteiger partial charge in [-0.3, -0.25) is 10.1 Å². The van der Waals surface area contributed by atoms with Crippen molar-refractivity contribution in [3.63, 3.8) is 0 Å². The van der Waals surface area contributed by atoms with Gasteiger partial charge in [0.25, 0.3) is 0 Å². The van der Waals surface area contributed by atoms with Gasteiger partial charge in [0.05, 0.1) is 11.5 Å². The number of halogens is 1. The molecule has 0 N–H and O–H groups in total. The van der Waals surface area contributed by atoms with E-state index in [-0.39, 0.29) is 10.6 Å². The van der Waals surface area contributed by atoms with Crippen LogP contribution >= 0.6 is 15.9 Å². The van der Waals surface area contributed by atoms with Crippen LogP contribution in [-0.2, 0) is 0 Å². The second-order valence-electron chi connectivity index (χ2n) is 4.81. The van der Waals surface area contributed by atoms with Crippen LogP contribution in [0.1, 0.15) is 30.9 Å². The monoisotopic (exact) mass is 329 g/mol. The summed E-state index contributed by atoms with van der Waals surface area (Å²) in [5, 5.41) is 11.9. The Bertz CT molecular complexity index is 449. The number of benzene rings is 1. The minimum atomic E-state index is -0.377. The fourth-order valence-electron chi connectivity index (χ4n) is 2.07. The fourth-order valence-corrected chi connectivity index (χ4v) is 2.58. The van der Waals surface area contributed by atoms with Crippen molar-refractivity contribution in [2.45, 2.75) is 33.6 Å². The molecular weight excluding hydrogens is 310 g/mol. The van der Waals surface area contributed by atoms with Crippen molar-refractivity contribution in [3.8, 4) is 5.75 Å². The van der Waals surface area contributed by atoms with E-state index in [0.717, 1.165) is 29.3 Å². The molecule has 0 radical (unpaired) electrons. The van der Waals surface area contributed by atoms with Gasteiger partial charge in [0.1, 0.15) is 0 Å². The molecule has 0 bridgehead atoms. The van der Waals surface area contributed by atoms with E-state index in [9.17, 15) is 10.1 Å². The largest absolute Gasteiger partial charge is 0.486 e. The van der Waals surface area contributed by atoms with Crippen molar-refractivity contribution >= 4 is 21.6 Å². The molecule has 0 saturated carbocycles. The van der Waals surface area contributed by atoms with Gasteiger partial charge in [0, 0.05) is 17.3 Å². The predicted molar refractivity (Wildman–Crippen MR) is 80.3 cm³/mol. The molecule has 0 saturated heterocycles. The maximum Gasteiger partial charge on any atom is 0.311 e. The quantitative estimate of drug-likeness (QED) is 0.423. The zero-order valence-corrected chi connectivity index (χ0v) is 13.2. The third-order valence-electron chi connectivity index (χ3n) is 2.97. The van der Waals surface area contributed by atoms with Crippen molar-refractivity contribution < 1.29 is 9.66 Å². The minimum absolute atomic E-state index is 0.0577. The number of rotatable bonds is 7. The predicted octanol–water partition coefficient (Wildman–Crippen LogP) is 4.40. The van der Waals surface area contributed by atoms with Gasteiger partial charge >= 0.3 is 5.69 Å². The van der Waals surface area contributed by atoms with Gasteiger partial charge in [0.2, 0.25) is 0 Å². The molecule has 4 nitrogen and oxygen atoms in total. The summed E-state index contributed by atoms with van der Waals surface area (Å²) >= 11 is 3.45. The second kappa shape index (κ2) is 7.48. The second-order valence-corrected chi connectivity index (χ2v) is 5.45. The summed E-state index contributed by atoms with van der Waals surface area (Å²) < 4.78 is 5.72. The highest BCUT2D eigenvalue weighted by Crippen LogP contribution is 2.32. The number of alkyl halides is 1. The third kappa shape index (κ3) is 4.49. The lowest BCUT2D eigenvalue weighted by atomic mass is 10.1. The Morgan fingerprint density at radius 1 is 1.42 bits per heavy atom. The number of nitrogens with zero attached hydrogens (tertiary/aromatic N) is 1. The molecule has 19 heavy (non-hydrogen) atoms. The lowest BCUT2D eigenvalue weighted by Gasteiger charge is -2.16. The summed E-state index contributed by atoms with van der Waals surface area (Å²) in [7, 11) is 0. The summed E-state index contributed by atoms with van der Waals surface area (Å²) in [4.78, 5) is 10.7. The number of hydrogen-bond acceptors (Lipinski definition) is 3. The zero-order valence-electron chi connectivity index (χ0n) is 11.6. The summed E-state index contributed by atoms with van der Waals surface area (Å²) in [6.07, 6.45) is 2.12. The standard InChI is InChI=1S/C14H20BrNO3/c1-4-5-12(8-15)9-19-14-11(3)6-10(2)7-13(14)16(17)18/h6-7,12H,4-5,8-9H2,1-3H3. The van der Waals surface area contributed by atoms with Crippen LogP contribution in [0.4, 0.5) is 5.69 Å². The van der Waals surface area contributed by atoms with Gasteiger partial charge in [-0.05, 0) is 31.4 Å². The van der Waals surface area contributed by atoms with E-state index in [1.54, 1.807) is 6.07 Å². The average Bonchev–Trinajstić information content (AvgIpc) is 2.35. The van der Waals surface area contributed by atoms with Gasteiger partial charge in [-0.1, -0.05) is 35.3 Å². The Morgan fingerprint density at radius 3 is 2.63 bits per heavy atom. The molecule has 1 unspecified atom stereocenters. The Kier molecular flexibility index (Phi) is 6.28. The van der Waals surface area contributed by atoms with E-state index in [4.69, 9.17) is 4.74 Å². The van der Waals surface area contributed by atoms with Crippen molar-refractivity contribution in [3.05, 3.63) is 33.4 Å². The third-order valence-corrected chi connectivity index (χ3v) is 3.89. The molecule has 106 valence electrons. The molecule has 0 amide bonds. The molecule has 0 fully saturated rings. The molecule has 1 rings (SSSR count). The molecule has 5 heteroatoms. The minimum Gasteiger partial charge on any atom is -0.486 e. The normalized spacial score (nSPS) is 12.2. The van der Waals surface area contributed by atoms with E-state index in [0.29, 0.717) is 18.3 Å². The maximum absolute atomic E-state index is 11.1. The smallest absolute Gasteiger partial charge is 0.311 e. The van der Waals surface area contributed by atoms with Crippen molar-refractivity contribution in [2.24, 2.45) is 5.92 Å². The first-order valence-electron chi connectivity index (χ1n) is 6.44. The first-order valence-corrected chi connectivity index (χ1v) is 7.56. The highest BCUT2D eigenvalue weighted by molar-refractivity contribution is 9.09. The lowest BCUT2D eigenvalue weighted by Crippen LogP contribution is -2.14. The topological polar surface area (TPSA) is 52.4 Å². The van der Waals surface area contributed by atoms with E-state index >= 15 is 0 Å². The lowest BCUT2D eigenvalue weighted by molar-refractivity contribution is -0.386. The first-order chi connectivity index (χ1) is 8.99. The van der Waals surface area contributed by atoms with Crippen molar-refractivity contribution in [1.29, 1.82) is 0 Å². The SMILES string of the molecule is CCCC(CBr)COc1c(C)cc(C)cc1[N+](=O)[O-]. The molecule has 0 spiro atoms. The van der Waals surface area contributed by atoms with Crippen LogP contribution in [0.5, 0.6) is 5.75 Å². The highest BCUT2D eigenvalue weighted by Gasteiger charge is 2.19. The summed E-state index contributed by atoms with van der Waals surface area (Å²) in [5.41, 5.74) is 1.75. The Hall–Kier alpha value is -1.10. The molecule has 0 heterocycles. The molecule has 0 aliphatic heterocycles. The van der Waals surface area contributed by atoms with Crippen LogP contribution in [0.3, 0.4) is 0 Å². The molecule has 1 aromatic rings. The summed E-state index contributed by atoms with van der Waals surface area (Å²) in [5.74, 6) is 0.781. The van der Waals surface area contributed by atoms with E-state index in [1.165, 1.54) is 0 Å². The van der Waals surface area contributed by atoms with Crippen LogP contribution in [0.25, 0.3) is 0 Å². The molecular formula is C14H20BrNO3. The average molecular weight is 330 g/mol. The first kappa shape index (κ1) is 16.0. The molecule has 0 aliphatic rings. The molecule has 0 aromatic heterocycles. The van der Waals surface area contributed by atoms with Gasteiger partial charge in [0.15, 0.2) is 5.75 Å². The molecule has 0 aliphatic carbocycles. The highest BCUT2D eigenvalue weighted by atomic mass is 79.9. The Labute approximate surface area is 122 Å². The van der Waals surface area contributed by atoms with Crippen LogP contribution in [0, 0.1) is 29.9 Å². The van der Waals surface area contributed by atoms with Gasteiger partial charge in [-0.2, -0.15) is 0 Å². The van der Waals surface area contributed by atoms with Crippen molar-refractivity contribution in [2.75, 3.05) is 11.9 Å². The summed E-state index contributed by atoms with van der Waals surface area (Å²) in [6, 6.07) is 3.47. The van der Waals surface area contributed by atoms with E-state index < -0.39 is 0 Å². The Balaban J connectivity index is 2.90. The Morgan fingerprint density at radius 2 is 2.11 bits per heavy atom. The van der Waals surface area contributed by atoms with Gasteiger partial charge < -0.3 is 4.74 Å². The van der Waals surface area contributed by atoms with Crippen molar-refractivity contribution in [1.82, 2.24) is 0 Å². The number of hydrogen-bond donors (Lipinski definition) is 0. The maximum atomic E-state index is 11.1. The van der Waals surface area contributed by atoms with Crippen LogP contribution in [0.2, 0.25) is 0 Å².